The normalized spacial score (nSPS) is 9.57. The molecule has 0 spiro atoms. The molecule has 0 atom stereocenters. The first-order valence-electron chi connectivity index (χ1n) is 5.86. The molecule has 0 aliphatic rings. The molecular formula is C13H14BrN3O4. The van der Waals surface area contributed by atoms with Crippen LogP contribution in [0.4, 0.5) is 10.5 Å². The monoisotopic (exact) mass is 355 g/mol. The van der Waals surface area contributed by atoms with E-state index >= 15 is 0 Å². The molecule has 0 bridgehead atoms. The number of anilines is 1. The van der Waals surface area contributed by atoms with E-state index in [-0.39, 0.29) is 0 Å². The van der Waals surface area contributed by atoms with Crippen molar-refractivity contribution in [3.05, 3.63) is 40.9 Å². The molecule has 0 saturated heterocycles. The zero-order valence-corrected chi connectivity index (χ0v) is 12.6. The maximum absolute atomic E-state index is 11.6. The van der Waals surface area contributed by atoms with Gasteiger partial charge in [0.1, 0.15) is 6.54 Å². The van der Waals surface area contributed by atoms with E-state index in [2.05, 4.69) is 38.5 Å². The summed E-state index contributed by atoms with van der Waals surface area (Å²) < 4.78 is 0.642. The van der Waals surface area contributed by atoms with Gasteiger partial charge in [0.05, 0.1) is 6.54 Å². The number of carbonyl (C=O) groups excluding carboxylic acids is 2. The average molecular weight is 356 g/mol. The second kappa shape index (κ2) is 8.05. The summed E-state index contributed by atoms with van der Waals surface area (Å²) >= 11 is 3.12. The lowest BCUT2D eigenvalue weighted by Crippen LogP contribution is -2.30. The van der Waals surface area contributed by atoms with Crippen LogP contribution in [0.5, 0.6) is 0 Å². The Hall–Kier alpha value is -2.35. The fraction of sp³-hybridized carbons (Fsp3) is 0.154. The number of hydrogen-bond acceptors (Lipinski definition) is 3. The molecule has 3 amide bonds. The molecular weight excluding hydrogens is 342 g/mol. The van der Waals surface area contributed by atoms with E-state index in [1.807, 2.05) is 0 Å². The lowest BCUT2D eigenvalue weighted by Gasteiger charge is -2.08. The second-order valence-corrected chi connectivity index (χ2v) is 5.10. The van der Waals surface area contributed by atoms with Crippen LogP contribution >= 0.6 is 15.9 Å². The Morgan fingerprint density at radius 2 is 1.71 bits per heavy atom. The van der Waals surface area contributed by atoms with Gasteiger partial charge >= 0.3 is 12.0 Å². The van der Waals surface area contributed by atoms with Gasteiger partial charge in [0.2, 0.25) is 0 Å². The molecule has 1 aromatic carbocycles. The van der Waals surface area contributed by atoms with Crippen LogP contribution < -0.4 is 16.0 Å². The standard InChI is InChI=1S/C13H14BrN3O4/c1-8(14)6-16-13(21)17-10-4-2-9(3-5-10)12(20)15-7-11(18)19/h2-5H,1,6-7H2,(H,15,20)(H,18,19)(H2,16,17,21). The number of hydrogen-bond donors (Lipinski definition) is 4. The van der Waals surface area contributed by atoms with Crippen LogP contribution in [0, 0.1) is 0 Å². The molecule has 0 radical (unpaired) electrons. The van der Waals surface area contributed by atoms with Gasteiger partial charge in [0.15, 0.2) is 0 Å². The van der Waals surface area contributed by atoms with Crippen molar-refractivity contribution >= 4 is 39.5 Å². The van der Waals surface area contributed by atoms with Crippen LogP contribution in [0.3, 0.4) is 0 Å². The smallest absolute Gasteiger partial charge is 0.322 e. The Balaban J connectivity index is 2.53. The van der Waals surface area contributed by atoms with Gasteiger partial charge in [-0.15, -0.1) is 0 Å². The van der Waals surface area contributed by atoms with Gasteiger partial charge in [-0.05, 0) is 24.3 Å². The molecule has 1 aromatic rings. The van der Waals surface area contributed by atoms with Crippen molar-refractivity contribution in [1.29, 1.82) is 0 Å². The number of carboxylic acid groups (broad SMARTS) is 1. The Labute approximate surface area is 129 Å². The van der Waals surface area contributed by atoms with Gasteiger partial charge < -0.3 is 21.1 Å². The highest BCUT2D eigenvalue weighted by atomic mass is 79.9. The molecule has 7 nitrogen and oxygen atoms in total. The fourth-order valence-corrected chi connectivity index (χ4v) is 1.45. The first-order chi connectivity index (χ1) is 9.88. The summed E-state index contributed by atoms with van der Waals surface area (Å²) in [6.07, 6.45) is 0. The fourth-order valence-electron chi connectivity index (χ4n) is 1.31. The number of carbonyl (C=O) groups is 3. The van der Waals surface area contributed by atoms with Gasteiger partial charge in [0.25, 0.3) is 5.91 Å². The van der Waals surface area contributed by atoms with Crippen molar-refractivity contribution in [2.75, 3.05) is 18.4 Å². The predicted molar refractivity (Wildman–Crippen MR) is 81.5 cm³/mol. The van der Waals surface area contributed by atoms with Crippen molar-refractivity contribution in [1.82, 2.24) is 10.6 Å². The SMILES string of the molecule is C=C(Br)CNC(=O)Nc1ccc(C(=O)NCC(=O)O)cc1. The highest BCUT2D eigenvalue weighted by molar-refractivity contribution is 9.11. The summed E-state index contributed by atoms with van der Waals surface area (Å²) in [5, 5.41) is 15.8. The number of nitrogens with one attached hydrogen (secondary N) is 3. The molecule has 0 saturated carbocycles. The van der Waals surface area contributed by atoms with Crippen LogP contribution in [0.2, 0.25) is 0 Å². The van der Waals surface area contributed by atoms with Crippen LogP contribution in [0.1, 0.15) is 10.4 Å². The van der Waals surface area contributed by atoms with Gasteiger partial charge in [0, 0.05) is 15.7 Å². The molecule has 0 aliphatic carbocycles. The number of rotatable bonds is 6. The number of urea groups is 1. The van der Waals surface area contributed by atoms with Crippen molar-refractivity contribution in [2.24, 2.45) is 0 Å². The second-order valence-electron chi connectivity index (χ2n) is 3.98. The summed E-state index contributed by atoms with van der Waals surface area (Å²) in [6, 6.07) is 5.64. The molecule has 1 rings (SSSR count). The maximum atomic E-state index is 11.6. The van der Waals surface area contributed by atoms with Crippen LogP contribution in [0.25, 0.3) is 0 Å². The van der Waals surface area contributed by atoms with E-state index in [9.17, 15) is 14.4 Å². The third-order valence-electron chi connectivity index (χ3n) is 2.25. The van der Waals surface area contributed by atoms with Gasteiger partial charge in [-0.2, -0.15) is 0 Å². The van der Waals surface area contributed by atoms with Crippen LogP contribution in [0.15, 0.2) is 35.3 Å². The lowest BCUT2D eigenvalue weighted by molar-refractivity contribution is -0.135. The molecule has 4 N–H and O–H groups in total. The van der Waals surface area contributed by atoms with E-state index < -0.39 is 24.5 Å². The molecule has 0 unspecified atom stereocenters. The highest BCUT2D eigenvalue weighted by Gasteiger charge is 2.07. The minimum Gasteiger partial charge on any atom is -0.480 e. The zero-order chi connectivity index (χ0) is 15.8. The van der Waals surface area contributed by atoms with Crippen molar-refractivity contribution in [3.63, 3.8) is 0 Å². The first kappa shape index (κ1) is 16.7. The van der Waals surface area contributed by atoms with Crippen molar-refractivity contribution in [2.45, 2.75) is 0 Å². The van der Waals surface area contributed by atoms with E-state index in [0.29, 0.717) is 22.3 Å². The third-order valence-corrected chi connectivity index (χ3v) is 2.53. The number of carboxylic acids is 1. The van der Waals surface area contributed by atoms with Crippen LogP contribution in [-0.4, -0.2) is 36.1 Å². The summed E-state index contributed by atoms with van der Waals surface area (Å²) in [5.41, 5.74) is 0.804. The number of benzene rings is 1. The quantitative estimate of drug-likeness (QED) is 0.620. The van der Waals surface area contributed by atoms with E-state index in [4.69, 9.17) is 5.11 Å². The largest absolute Gasteiger partial charge is 0.480 e. The molecule has 0 fully saturated rings. The molecule has 0 aliphatic heterocycles. The summed E-state index contributed by atoms with van der Waals surface area (Å²) in [5.74, 6) is -1.62. The Kier molecular flexibility index (Phi) is 6.41. The maximum Gasteiger partial charge on any atom is 0.322 e. The number of halogens is 1. The number of amides is 3. The average Bonchev–Trinajstić information content (AvgIpc) is 2.43. The van der Waals surface area contributed by atoms with Gasteiger partial charge in [-0.25, -0.2) is 4.79 Å². The van der Waals surface area contributed by atoms with E-state index in [0.717, 1.165) is 0 Å². The molecule has 0 aromatic heterocycles. The lowest BCUT2D eigenvalue weighted by atomic mass is 10.2. The van der Waals surface area contributed by atoms with E-state index in [1.165, 1.54) is 24.3 Å². The Morgan fingerprint density at radius 3 is 2.24 bits per heavy atom. The molecule has 21 heavy (non-hydrogen) atoms. The van der Waals surface area contributed by atoms with Crippen molar-refractivity contribution in [3.8, 4) is 0 Å². The molecule has 0 heterocycles. The minimum atomic E-state index is -1.12. The predicted octanol–water partition coefficient (Wildman–Crippen LogP) is 1.53. The zero-order valence-electron chi connectivity index (χ0n) is 11.0. The summed E-state index contributed by atoms with van der Waals surface area (Å²) in [6.45, 7) is 3.43. The summed E-state index contributed by atoms with van der Waals surface area (Å²) in [4.78, 5) is 33.4. The van der Waals surface area contributed by atoms with Crippen molar-refractivity contribution < 1.29 is 19.5 Å². The molecule has 112 valence electrons. The molecule has 8 heteroatoms. The van der Waals surface area contributed by atoms with Gasteiger partial charge in [-0.1, -0.05) is 22.5 Å². The van der Waals surface area contributed by atoms with E-state index in [1.54, 1.807) is 0 Å². The minimum absolute atomic E-state index is 0.293. The topological polar surface area (TPSA) is 108 Å². The first-order valence-corrected chi connectivity index (χ1v) is 6.66. The summed E-state index contributed by atoms with van der Waals surface area (Å²) in [7, 11) is 0. The Morgan fingerprint density at radius 1 is 1.10 bits per heavy atom. The highest BCUT2D eigenvalue weighted by Crippen LogP contribution is 2.09. The van der Waals surface area contributed by atoms with Gasteiger partial charge in [-0.3, -0.25) is 9.59 Å². The Bertz CT molecular complexity index is 557. The number of aliphatic carboxylic acids is 1. The van der Waals surface area contributed by atoms with Crippen LogP contribution in [-0.2, 0) is 4.79 Å². The third kappa shape index (κ3) is 6.57.